The average Bonchev–Trinajstić information content (AvgIpc) is 2.95. The van der Waals surface area contributed by atoms with E-state index < -0.39 is 17.4 Å². The Morgan fingerprint density at radius 3 is 2.62 bits per heavy atom. The minimum atomic E-state index is -1.46. The van der Waals surface area contributed by atoms with Crippen molar-refractivity contribution in [2.75, 3.05) is 0 Å². The Labute approximate surface area is 142 Å². The van der Waals surface area contributed by atoms with Gasteiger partial charge in [-0.05, 0) is 44.2 Å². The summed E-state index contributed by atoms with van der Waals surface area (Å²) in [4.78, 5) is 26.7. The van der Waals surface area contributed by atoms with Gasteiger partial charge in [0, 0.05) is 23.1 Å². The Morgan fingerprint density at radius 2 is 2.00 bits per heavy atom. The largest absolute Gasteiger partial charge is 0.480 e. The quantitative estimate of drug-likeness (QED) is 0.485. The van der Waals surface area contributed by atoms with Crippen molar-refractivity contribution in [2.45, 2.75) is 52.0 Å². The normalized spacial score (nSPS) is 15.1. The predicted octanol–water partition coefficient (Wildman–Crippen LogP) is 3.28. The Bertz CT molecular complexity index is 706. The summed E-state index contributed by atoms with van der Waals surface area (Å²) in [7, 11) is 0. The number of Topliss-reactive ketones (excluding diaryl/α,β-unsaturated/α-hetero) is 1. The van der Waals surface area contributed by atoms with Crippen LogP contribution in [-0.4, -0.2) is 27.9 Å². The van der Waals surface area contributed by atoms with Gasteiger partial charge >= 0.3 is 5.97 Å². The molecule has 0 bridgehead atoms. The summed E-state index contributed by atoms with van der Waals surface area (Å²) in [5.74, 6) is -1.47. The fourth-order valence-electron chi connectivity index (χ4n) is 3.50. The highest BCUT2D eigenvalue weighted by atomic mass is 16.4. The minimum absolute atomic E-state index is 0.223. The minimum Gasteiger partial charge on any atom is -0.480 e. The molecule has 0 saturated heterocycles. The van der Waals surface area contributed by atoms with E-state index in [-0.39, 0.29) is 12.2 Å². The molecule has 2 unspecified atom stereocenters. The zero-order valence-electron chi connectivity index (χ0n) is 14.3. The molecule has 24 heavy (non-hydrogen) atoms. The molecule has 2 atom stereocenters. The van der Waals surface area contributed by atoms with E-state index in [9.17, 15) is 14.7 Å². The summed E-state index contributed by atoms with van der Waals surface area (Å²) < 4.78 is 0. The molecule has 0 fully saturated rings. The number of aryl methyl sites for hydroxylation is 1. The number of carboxylic acid groups (broad SMARTS) is 1. The highest BCUT2D eigenvalue weighted by molar-refractivity contribution is 6.02. The summed E-state index contributed by atoms with van der Waals surface area (Å²) in [5.41, 5.74) is 7.03. The Kier molecular flexibility index (Phi) is 5.78. The van der Waals surface area contributed by atoms with E-state index in [1.807, 2.05) is 24.4 Å². The van der Waals surface area contributed by atoms with Crippen LogP contribution in [0, 0.1) is 5.41 Å². The smallest absolute Gasteiger partial charge is 0.318 e. The number of para-hydroxylation sites is 1. The number of ketones is 1. The number of hydrogen-bond donors (Lipinski definition) is 3. The molecule has 2 aromatic rings. The standard InChI is InChI=1S/C19H26N2O3/c1-3-19(13(2)22,18(23)24)17(20)11-7-4-8-14-12-21-16-10-6-5-9-15(14)16/h5-6,9-10,12,17,21H,3-4,7-8,11,20H2,1-2H3,(H,23,24). The number of benzene rings is 1. The number of aromatic amines is 1. The van der Waals surface area contributed by atoms with E-state index in [0.29, 0.717) is 6.42 Å². The highest BCUT2D eigenvalue weighted by Crippen LogP contribution is 2.30. The third-order valence-electron chi connectivity index (χ3n) is 5.09. The molecule has 5 nitrogen and oxygen atoms in total. The number of unbranched alkanes of at least 4 members (excludes halogenated alkanes) is 1. The van der Waals surface area contributed by atoms with Gasteiger partial charge in [-0.15, -0.1) is 0 Å². The summed E-state index contributed by atoms with van der Waals surface area (Å²) in [6.07, 6.45) is 5.38. The van der Waals surface area contributed by atoms with Crippen molar-refractivity contribution in [3.8, 4) is 0 Å². The van der Waals surface area contributed by atoms with Crippen molar-refractivity contribution in [3.05, 3.63) is 36.0 Å². The third kappa shape index (κ3) is 3.36. The fraction of sp³-hybridized carbons (Fsp3) is 0.474. The lowest BCUT2D eigenvalue weighted by Crippen LogP contribution is -2.52. The first-order valence-electron chi connectivity index (χ1n) is 8.48. The van der Waals surface area contributed by atoms with Crippen LogP contribution < -0.4 is 5.73 Å². The molecule has 0 aliphatic rings. The molecule has 0 radical (unpaired) electrons. The molecule has 0 saturated carbocycles. The molecule has 130 valence electrons. The van der Waals surface area contributed by atoms with E-state index in [0.717, 1.165) is 24.8 Å². The number of aliphatic carboxylic acids is 1. The van der Waals surface area contributed by atoms with Gasteiger partial charge in [0.2, 0.25) is 0 Å². The second kappa shape index (κ2) is 7.62. The maximum absolute atomic E-state index is 11.9. The first kappa shape index (κ1) is 18.2. The molecule has 5 heteroatoms. The van der Waals surface area contributed by atoms with Gasteiger partial charge < -0.3 is 15.8 Å². The van der Waals surface area contributed by atoms with Crippen LogP contribution in [0.15, 0.2) is 30.5 Å². The summed E-state index contributed by atoms with van der Waals surface area (Å²) in [6, 6.07) is 7.50. The second-order valence-electron chi connectivity index (χ2n) is 6.40. The third-order valence-corrected chi connectivity index (χ3v) is 5.09. The van der Waals surface area contributed by atoms with Gasteiger partial charge in [-0.2, -0.15) is 0 Å². The number of carbonyl (C=O) groups excluding carboxylic acids is 1. The molecule has 2 rings (SSSR count). The van der Waals surface area contributed by atoms with Gasteiger partial charge in [-0.25, -0.2) is 0 Å². The van der Waals surface area contributed by atoms with E-state index in [4.69, 9.17) is 5.73 Å². The van der Waals surface area contributed by atoms with Gasteiger partial charge in [0.25, 0.3) is 0 Å². The van der Waals surface area contributed by atoms with Crippen LogP contribution in [0.2, 0.25) is 0 Å². The number of hydrogen-bond acceptors (Lipinski definition) is 3. The van der Waals surface area contributed by atoms with Crippen molar-refractivity contribution < 1.29 is 14.7 Å². The predicted molar refractivity (Wildman–Crippen MR) is 94.9 cm³/mol. The van der Waals surface area contributed by atoms with Gasteiger partial charge in [-0.1, -0.05) is 31.5 Å². The second-order valence-corrected chi connectivity index (χ2v) is 6.40. The number of H-pyrrole nitrogens is 1. The lowest BCUT2D eigenvalue weighted by atomic mass is 9.73. The molecule has 0 spiro atoms. The van der Waals surface area contributed by atoms with Crippen LogP contribution in [0.5, 0.6) is 0 Å². The lowest BCUT2D eigenvalue weighted by molar-refractivity contribution is -0.156. The molecule has 0 amide bonds. The van der Waals surface area contributed by atoms with E-state index in [1.54, 1.807) is 6.92 Å². The molecule has 1 aromatic carbocycles. The molecule has 0 aliphatic heterocycles. The number of fused-ring (bicyclic) bond motifs is 1. The fourth-order valence-corrected chi connectivity index (χ4v) is 3.50. The zero-order chi connectivity index (χ0) is 17.7. The van der Waals surface area contributed by atoms with Gasteiger partial charge in [0.1, 0.15) is 11.2 Å². The van der Waals surface area contributed by atoms with Gasteiger partial charge in [0.05, 0.1) is 0 Å². The number of carbonyl (C=O) groups is 2. The number of nitrogens with one attached hydrogen (secondary N) is 1. The first-order valence-corrected chi connectivity index (χ1v) is 8.48. The lowest BCUT2D eigenvalue weighted by Gasteiger charge is -2.31. The van der Waals surface area contributed by atoms with Crippen molar-refractivity contribution in [1.82, 2.24) is 4.98 Å². The summed E-state index contributed by atoms with van der Waals surface area (Å²) in [5, 5.41) is 10.7. The number of aromatic nitrogens is 1. The summed E-state index contributed by atoms with van der Waals surface area (Å²) in [6.45, 7) is 3.03. The molecular weight excluding hydrogens is 304 g/mol. The molecule has 1 heterocycles. The van der Waals surface area contributed by atoms with Crippen LogP contribution >= 0.6 is 0 Å². The molecule has 0 aliphatic carbocycles. The number of nitrogens with two attached hydrogens (primary N) is 1. The number of rotatable bonds is 9. The van der Waals surface area contributed by atoms with Crippen LogP contribution in [0.3, 0.4) is 0 Å². The highest BCUT2D eigenvalue weighted by Gasteiger charge is 2.46. The molecule has 1 aromatic heterocycles. The van der Waals surface area contributed by atoms with Crippen molar-refractivity contribution in [1.29, 1.82) is 0 Å². The van der Waals surface area contributed by atoms with Crippen molar-refractivity contribution in [2.24, 2.45) is 11.1 Å². The maximum Gasteiger partial charge on any atom is 0.318 e. The Hall–Kier alpha value is -2.14. The van der Waals surface area contributed by atoms with Crippen LogP contribution in [0.1, 0.15) is 45.1 Å². The SMILES string of the molecule is CCC(C(C)=O)(C(=O)O)C(N)CCCCc1c[nH]c2ccccc12. The Morgan fingerprint density at radius 1 is 1.29 bits per heavy atom. The van der Waals surface area contributed by atoms with E-state index in [1.165, 1.54) is 17.9 Å². The first-order chi connectivity index (χ1) is 11.4. The Balaban J connectivity index is 1.93. The summed E-state index contributed by atoms with van der Waals surface area (Å²) >= 11 is 0. The van der Waals surface area contributed by atoms with Crippen molar-refractivity contribution in [3.63, 3.8) is 0 Å². The van der Waals surface area contributed by atoms with E-state index >= 15 is 0 Å². The molecule has 4 N–H and O–H groups in total. The van der Waals surface area contributed by atoms with Gasteiger partial charge in [-0.3, -0.25) is 9.59 Å². The van der Waals surface area contributed by atoms with Crippen LogP contribution in [0.25, 0.3) is 10.9 Å². The van der Waals surface area contributed by atoms with Crippen LogP contribution in [0.4, 0.5) is 0 Å². The average molecular weight is 330 g/mol. The molecular formula is C19H26N2O3. The van der Waals surface area contributed by atoms with E-state index in [2.05, 4.69) is 11.1 Å². The topological polar surface area (TPSA) is 96.2 Å². The number of carboxylic acids is 1. The maximum atomic E-state index is 11.9. The zero-order valence-corrected chi connectivity index (χ0v) is 14.3. The van der Waals surface area contributed by atoms with Crippen molar-refractivity contribution >= 4 is 22.7 Å². The monoisotopic (exact) mass is 330 g/mol. The van der Waals surface area contributed by atoms with Crippen LogP contribution in [-0.2, 0) is 16.0 Å². The van der Waals surface area contributed by atoms with Gasteiger partial charge in [0.15, 0.2) is 0 Å².